The van der Waals surface area contributed by atoms with Gasteiger partial charge in [-0.3, -0.25) is 9.59 Å². The largest absolute Gasteiger partial charge is 0.369 e. The maximum atomic E-state index is 12.8. The topological polar surface area (TPSA) is 97.5 Å². The van der Waals surface area contributed by atoms with Crippen LogP contribution >= 0.6 is 0 Å². The molecule has 1 aromatic carbocycles. The zero-order valence-electron chi connectivity index (χ0n) is 12.6. The first-order valence-corrected chi connectivity index (χ1v) is 9.00. The molecule has 2 rings (SSSR count). The van der Waals surface area contributed by atoms with Gasteiger partial charge < -0.3 is 10.6 Å². The minimum absolute atomic E-state index is 0.000799. The van der Waals surface area contributed by atoms with Crippen LogP contribution in [0.25, 0.3) is 0 Å². The quantitative estimate of drug-likeness (QED) is 0.797. The maximum absolute atomic E-state index is 12.8. The molecule has 0 spiro atoms. The number of benzene rings is 1. The standard InChI is InChI=1S/C15H19FN2O4S/c16-12-1-3-13(4-2-12)23(21,22)10-7-14(19)18-8-5-11(6-9-18)15(17)20/h1-4,11H,5-10H2,(H2,17,20). The van der Waals surface area contributed by atoms with Gasteiger partial charge in [-0.1, -0.05) is 0 Å². The van der Waals surface area contributed by atoms with E-state index in [0.717, 1.165) is 12.1 Å². The second kappa shape index (κ2) is 7.08. The van der Waals surface area contributed by atoms with E-state index in [1.54, 1.807) is 4.90 Å². The zero-order valence-corrected chi connectivity index (χ0v) is 13.4. The number of rotatable bonds is 5. The second-order valence-electron chi connectivity index (χ2n) is 5.58. The van der Waals surface area contributed by atoms with Crippen molar-refractivity contribution in [1.82, 2.24) is 4.90 Å². The summed E-state index contributed by atoms with van der Waals surface area (Å²) in [6.45, 7) is 0.812. The number of hydrogen-bond acceptors (Lipinski definition) is 4. The Hall–Kier alpha value is -1.96. The third-order valence-corrected chi connectivity index (χ3v) is 5.74. The van der Waals surface area contributed by atoms with Gasteiger partial charge in [-0.15, -0.1) is 0 Å². The smallest absolute Gasteiger partial charge is 0.223 e. The summed E-state index contributed by atoms with van der Waals surface area (Å²) >= 11 is 0. The van der Waals surface area contributed by atoms with Crippen molar-refractivity contribution in [3.63, 3.8) is 0 Å². The van der Waals surface area contributed by atoms with E-state index >= 15 is 0 Å². The summed E-state index contributed by atoms with van der Waals surface area (Å²) in [4.78, 5) is 24.7. The predicted molar refractivity (Wildman–Crippen MR) is 81.6 cm³/mol. The lowest BCUT2D eigenvalue weighted by atomic mass is 9.96. The van der Waals surface area contributed by atoms with Crippen molar-refractivity contribution in [1.29, 1.82) is 0 Å². The third-order valence-electron chi connectivity index (χ3n) is 4.01. The van der Waals surface area contributed by atoms with Crippen molar-refractivity contribution >= 4 is 21.7 Å². The van der Waals surface area contributed by atoms with E-state index in [1.165, 1.54) is 12.1 Å². The number of piperidine rings is 1. The van der Waals surface area contributed by atoms with Crippen LogP contribution < -0.4 is 5.73 Å². The van der Waals surface area contributed by atoms with Gasteiger partial charge in [-0.25, -0.2) is 12.8 Å². The first-order chi connectivity index (χ1) is 10.8. The van der Waals surface area contributed by atoms with E-state index in [1.807, 2.05) is 0 Å². The summed E-state index contributed by atoms with van der Waals surface area (Å²) in [7, 11) is -3.62. The highest BCUT2D eigenvalue weighted by Gasteiger charge is 2.26. The van der Waals surface area contributed by atoms with Gasteiger partial charge in [0.05, 0.1) is 10.6 Å². The molecule has 8 heteroatoms. The zero-order chi connectivity index (χ0) is 17.0. The van der Waals surface area contributed by atoms with E-state index in [4.69, 9.17) is 5.73 Å². The number of carbonyl (C=O) groups is 2. The molecule has 0 atom stereocenters. The number of sulfone groups is 1. The van der Waals surface area contributed by atoms with Crippen molar-refractivity contribution in [3.05, 3.63) is 30.1 Å². The Morgan fingerprint density at radius 2 is 1.74 bits per heavy atom. The van der Waals surface area contributed by atoms with Gasteiger partial charge in [-0.2, -0.15) is 0 Å². The number of hydrogen-bond donors (Lipinski definition) is 1. The second-order valence-corrected chi connectivity index (χ2v) is 7.69. The van der Waals surface area contributed by atoms with E-state index in [-0.39, 0.29) is 34.8 Å². The Labute approximate surface area is 134 Å². The lowest BCUT2D eigenvalue weighted by Gasteiger charge is -2.30. The summed E-state index contributed by atoms with van der Waals surface area (Å²) in [5.74, 6) is -1.69. The van der Waals surface area contributed by atoms with Crippen LogP contribution in [-0.2, 0) is 19.4 Å². The van der Waals surface area contributed by atoms with Crippen molar-refractivity contribution in [2.45, 2.75) is 24.2 Å². The third kappa shape index (κ3) is 4.51. The average molecular weight is 342 g/mol. The highest BCUT2D eigenvalue weighted by molar-refractivity contribution is 7.91. The highest BCUT2D eigenvalue weighted by Crippen LogP contribution is 2.18. The molecule has 0 radical (unpaired) electrons. The fraction of sp³-hybridized carbons (Fsp3) is 0.467. The summed E-state index contributed by atoms with van der Waals surface area (Å²) in [6, 6.07) is 4.52. The Morgan fingerprint density at radius 3 is 2.26 bits per heavy atom. The van der Waals surface area contributed by atoms with Crippen LogP contribution in [0.2, 0.25) is 0 Å². The summed E-state index contributed by atoms with van der Waals surface area (Å²) < 4.78 is 37.1. The van der Waals surface area contributed by atoms with Gasteiger partial charge in [0.15, 0.2) is 9.84 Å². The van der Waals surface area contributed by atoms with Gasteiger partial charge in [0.25, 0.3) is 0 Å². The molecule has 2 N–H and O–H groups in total. The molecule has 0 unspecified atom stereocenters. The van der Waals surface area contributed by atoms with Gasteiger partial charge in [-0.05, 0) is 37.1 Å². The molecule has 1 aliphatic heterocycles. The minimum atomic E-state index is -3.62. The molecule has 1 heterocycles. The van der Waals surface area contributed by atoms with E-state index < -0.39 is 15.7 Å². The number of nitrogens with two attached hydrogens (primary N) is 1. The van der Waals surface area contributed by atoms with Crippen molar-refractivity contribution < 1.29 is 22.4 Å². The molecule has 0 aliphatic carbocycles. The van der Waals surface area contributed by atoms with Gasteiger partial charge in [0.2, 0.25) is 11.8 Å². The molecular formula is C15H19FN2O4S. The van der Waals surface area contributed by atoms with Gasteiger partial charge in [0.1, 0.15) is 5.82 Å². The van der Waals surface area contributed by atoms with Crippen molar-refractivity contribution in [3.8, 4) is 0 Å². The number of carbonyl (C=O) groups excluding carboxylic acids is 2. The molecule has 2 amide bonds. The number of likely N-dealkylation sites (tertiary alicyclic amines) is 1. The van der Waals surface area contributed by atoms with Crippen molar-refractivity contribution in [2.75, 3.05) is 18.8 Å². The SMILES string of the molecule is NC(=O)C1CCN(C(=O)CCS(=O)(=O)c2ccc(F)cc2)CC1. The van der Waals surface area contributed by atoms with Crippen LogP contribution in [0.3, 0.4) is 0 Å². The Bertz CT molecular complexity index is 680. The lowest BCUT2D eigenvalue weighted by molar-refractivity contribution is -0.134. The molecule has 0 bridgehead atoms. The number of halogens is 1. The molecule has 1 saturated heterocycles. The first-order valence-electron chi connectivity index (χ1n) is 7.35. The van der Waals surface area contributed by atoms with Crippen LogP contribution in [-0.4, -0.2) is 44.0 Å². The van der Waals surface area contributed by atoms with Crippen LogP contribution in [0.1, 0.15) is 19.3 Å². The number of nitrogens with zero attached hydrogens (tertiary/aromatic N) is 1. The number of primary amides is 1. The Balaban J connectivity index is 1.89. The van der Waals surface area contributed by atoms with E-state index in [9.17, 15) is 22.4 Å². The van der Waals surface area contributed by atoms with Crippen LogP contribution in [0, 0.1) is 11.7 Å². The molecular weight excluding hydrogens is 323 g/mol. The maximum Gasteiger partial charge on any atom is 0.223 e. The fourth-order valence-electron chi connectivity index (χ4n) is 2.55. The summed E-state index contributed by atoms with van der Waals surface area (Å²) in [6.07, 6.45) is 0.874. The molecule has 1 fully saturated rings. The number of amides is 2. The minimum Gasteiger partial charge on any atom is -0.369 e. The van der Waals surface area contributed by atoms with Gasteiger partial charge in [0, 0.05) is 25.4 Å². The van der Waals surface area contributed by atoms with E-state index in [2.05, 4.69) is 0 Å². The van der Waals surface area contributed by atoms with E-state index in [0.29, 0.717) is 25.9 Å². The summed E-state index contributed by atoms with van der Waals surface area (Å²) in [5, 5.41) is 0. The monoisotopic (exact) mass is 342 g/mol. The van der Waals surface area contributed by atoms with Crippen molar-refractivity contribution in [2.24, 2.45) is 11.7 Å². The molecule has 0 saturated carbocycles. The molecule has 126 valence electrons. The Morgan fingerprint density at radius 1 is 1.17 bits per heavy atom. The molecule has 6 nitrogen and oxygen atoms in total. The van der Waals surface area contributed by atoms with Crippen LogP contribution in [0.4, 0.5) is 4.39 Å². The lowest BCUT2D eigenvalue weighted by Crippen LogP contribution is -2.42. The predicted octanol–water partition coefficient (Wildman–Crippen LogP) is 0.713. The molecule has 0 aromatic heterocycles. The summed E-state index contributed by atoms with van der Waals surface area (Å²) in [5.41, 5.74) is 5.23. The highest BCUT2D eigenvalue weighted by atomic mass is 32.2. The average Bonchev–Trinajstić information content (AvgIpc) is 2.53. The normalized spacial score (nSPS) is 16.3. The first kappa shape index (κ1) is 17.4. The van der Waals surface area contributed by atoms with Crippen LogP contribution in [0.15, 0.2) is 29.2 Å². The van der Waals surface area contributed by atoms with Crippen LogP contribution in [0.5, 0.6) is 0 Å². The molecule has 1 aromatic rings. The fourth-order valence-corrected chi connectivity index (χ4v) is 3.78. The van der Waals surface area contributed by atoms with Gasteiger partial charge >= 0.3 is 0 Å². The Kier molecular flexibility index (Phi) is 5.35. The molecule has 23 heavy (non-hydrogen) atoms. The molecule has 1 aliphatic rings.